The number of hydrogen-bond acceptors (Lipinski definition) is 3. The number of ether oxygens (including phenoxy) is 1. The van der Waals surface area contributed by atoms with Gasteiger partial charge in [0.15, 0.2) is 11.6 Å². The van der Waals surface area contributed by atoms with E-state index in [4.69, 9.17) is 4.74 Å². The molecule has 2 aromatic rings. The molecule has 2 aromatic carbocycles. The lowest BCUT2D eigenvalue weighted by Gasteiger charge is -2.21. The maximum atomic E-state index is 13.4. The van der Waals surface area contributed by atoms with Crippen LogP contribution in [0.2, 0.25) is 0 Å². The van der Waals surface area contributed by atoms with Crippen LogP contribution in [0.4, 0.5) is 19.3 Å². The van der Waals surface area contributed by atoms with E-state index in [-0.39, 0.29) is 11.9 Å². The molecule has 0 bridgehead atoms. The van der Waals surface area contributed by atoms with Gasteiger partial charge in [0.05, 0.1) is 6.54 Å². The molecule has 28 heavy (non-hydrogen) atoms. The molecular formula is C21H25F2N3O2. The van der Waals surface area contributed by atoms with Gasteiger partial charge in [0.2, 0.25) is 0 Å². The monoisotopic (exact) mass is 389 g/mol. The summed E-state index contributed by atoms with van der Waals surface area (Å²) in [7, 11) is 1.73. The van der Waals surface area contributed by atoms with E-state index in [2.05, 4.69) is 5.32 Å². The molecule has 2 amide bonds. The topological polar surface area (TPSA) is 44.8 Å². The predicted octanol–water partition coefficient (Wildman–Crippen LogP) is 3.51. The van der Waals surface area contributed by atoms with Gasteiger partial charge in [0.1, 0.15) is 12.4 Å². The van der Waals surface area contributed by atoms with E-state index < -0.39 is 11.6 Å². The van der Waals surface area contributed by atoms with Crippen LogP contribution >= 0.6 is 0 Å². The lowest BCUT2D eigenvalue weighted by atomic mass is 10.1. The van der Waals surface area contributed by atoms with Crippen LogP contribution in [0.25, 0.3) is 0 Å². The highest BCUT2D eigenvalue weighted by Crippen LogP contribution is 2.25. The van der Waals surface area contributed by atoms with Crippen molar-refractivity contribution in [3.05, 3.63) is 60.2 Å². The Labute approximate surface area is 163 Å². The van der Waals surface area contributed by atoms with Gasteiger partial charge in [-0.25, -0.2) is 13.6 Å². The minimum Gasteiger partial charge on any atom is -0.492 e. The number of rotatable bonds is 7. The number of hydrogen-bond donors (Lipinski definition) is 1. The number of nitrogens with one attached hydrogen (secondary N) is 1. The van der Waals surface area contributed by atoms with Crippen molar-refractivity contribution in [1.29, 1.82) is 0 Å². The smallest absolute Gasteiger partial charge is 0.317 e. The second kappa shape index (κ2) is 9.39. The maximum Gasteiger partial charge on any atom is 0.317 e. The zero-order valence-corrected chi connectivity index (χ0v) is 15.9. The molecule has 3 rings (SSSR count). The van der Waals surface area contributed by atoms with Crippen molar-refractivity contribution in [3.8, 4) is 5.75 Å². The number of urea groups is 1. The number of nitrogens with zero attached hydrogens (tertiary/aromatic N) is 2. The third-order valence-corrected chi connectivity index (χ3v) is 4.88. The molecule has 7 heteroatoms. The van der Waals surface area contributed by atoms with Crippen LogP contribution in [-0.2, 0) is 0 Å². The molecule has 1 fully saturated rings. The van der Waals surface area contributed by atoms with E-state index in [1.807, 2.05) is 35.2 Å². The molecule has 1 N–H and O–H groups in total. The first-order valence-corrected chi connectivity index (χ1v) is 9.40. The summed E-state index contributed by atoms with van der Waals surface area (Å²) in [5.74, 6) is -0.634. The summed E-state index contributed by atoms with van der Waals surface area (Å²) in [6.45, 7) is 2.90. The first-order valence-electron chi connectivity index (χ1n) is 9.40. The maximum absolute atomic E-state index is 13.4. The molecule has 1 atom stereocenters. The summed E-state index contributed by atoms with van der Waals surface area (Å²) in [6, 6.07) is 13.3. The van der Waals surface area contributed by atoms with Crippen molar-refractivity contribution < 1.29 is 18.3 Å². The van der Waals surface area contributed by atoms with Crippen molar-refractivity contribution in [2.45, 2.75) is 6.42 Å². The lowest BCUT2D eigenvalue weighted by Crippen LogP contribution is -2.41. The molecule has 1 aliphatic heterocycles. The molecular weight excluding hydrogens is 364 g/mol. The summed E-state index contributed by atoms with van der Waals surface area (Å²) >= 11 is 0. The normalized spacial score (nSPS) is 16.1. The molecule has 0 spiro atoms. The van der Waals surface area contributed by atoms with E-state index in [0.29, 0.717) is 31.9 Å². The van der Waals surface area contributed by atoms with Crippen LogP contribution in [-0.4, -0.2) is 50.8 Å². The van der Waals surface area contributed by atoms with Crippen molar-refractivity contribution in [3.63, 3.8) is 0 Å². The number of likely N-dealkylation sites (N-methyl/N-ethyl adjacent to an activating group) is 1. The van der Waals surface area contributed by atoms with Crippen molar-refractivity contribution in [2.24, 2.45) is 5.92 Å². The highest BCUT2D eigenvalue weighted by molar-refractivity contribution is 5.73. The summed E-state index contributed by atoms with van der Waals surface area (Å²) in [5.41, 5.74) is 0.669. The average molecular weight is 389 g/mol. The standard InChI is InChI=1S/C21H25F2N3O2/c1-25(11-12-28-18-5-3-2-4-6-18)21(27)24-14-16-9-10-26(15-16)17-7-8-19(22)20(23)13-17/h2-8,13,16H,9-12,14-15H2,1H3,(H,24,27). The van der Waals surface area contributed by atoms with Crippen LogP contribution < -0.4 is 15.0 Å². The Hall–Kier alpha value is -2.83. The number of carbonyl (C=O) groups excluding carboxylic acids is 1. The molecule has 0 saturated carbocycles. The number of amides is 2. The van der Waals surface area contributed by atoms with Crippen molar-refractivity contribution >= 4 is 11.7 Å². The van der Waals surface area contributed by atoms with Crippen LogP contribution in [0.5, 0.6) is 5.75 Å². The zero-order chi connectivity index (χ0) is 19.9. The van der Waals surface area contributed by atoms with E-state index in [9.17, 15) is 13.6 Å². The summed E-state index contributed by atoms with van der Waals surface area (Å²) < 4.78 is 32.1. The number of anilines is 1. The zero-order valence-electron chi connectivity index (χ0n) is 15.9. The van der Waals surface area contributed by atoms with Crippen LogP contribution in [0.15, 0.2) is 48.5 Å². The minimum absolute atomic E-state index is 0.150. The van der Waals surface area contributed by atoms with E-state index >= 15 is 0 Å². The highest BCUT2D eigenvalue weighted by atomic mass is 19.2. The summed E-state index contributed by atoms with van der Waals surface area (Å²) in [6.07, 6.45) is 0.889. The quantitative estimate of drug-likeness (QED) is 0.788. The Morgan fingerprint density at radius 1 is 1.21 bits per heavy atom. The lowest BCUT2D eigenvalue weighted by molar-refractivity contribution is 0.194. The van der Waals surface area contributed by atoms with Gasteiger partial charge in [-0.2, -0.15) is 0 Å². The van der Waals surface area contributed by atoms with Gasteiger partial charge >= 0.3 is 6.03 Å². The second-order valence-corrected chi connectivity index (χ2v) is 6.97. The second-order valence-electron chi connectivity index (χ2n) is 6.97. The summed E-state index contributed by atoms with van der Waals surface area (Å²) in [5, 5.41) is 2.94. The molecule has 5 nitrogen and oxygen atoms in total. The van der Waals surface area contributed by atoms with Gasteiger partial charge in [-0.3, -0.25) is 0 Å². The van der Waals surface area contributed by atoms with Crippen molar-refractivity contribution in [2.75, 3.05) is 44.7 Å². The highest BCUT2D eigenvalue weighted by Gasteiger charge is 2.24. The average Bonchev–Trinajstić information content (AvgIpc) is 3.18. The minimum atomic E-state index is -0.842. The third kappa shape index (κ3) is 5.34. The Bertz CT molecular complexity index is 788. The Morgan fingerprint density at radius 3 is 2.75 bits per heavy atom. The van der Waals surface area contributed by atoms with Gasteiger partial charge in [0.25, 0.3) is 0 Å². The first kappa shape index (κ1) is 19.9. The Morgan fingerprint density at radius 2 is 2.00 bits per heavy atom. The SMILES string of the molecule is CN(CCOc1ccccc1)C(=O)NCC1CCN(c2ccc(F)c(F)c2)C1. The Balaban J connectivity index is 1.38. The fourth-order valence-corrected chi connectivity index (χ4v) is 3.20. The van der Waals surface area contributed by atoms with Gasteiger partial charge in [-0.1, -0.05) is 18.2 Å². The first-order chi connectivity index (χ1) is 13.5. The van der Waals surface area contributed by atoms with Crippen LogP contribution in [0.1, 0.15) is 6.42 Å². The van der Waals surface area contributed by atoms with Gasteiger partial charge in [-0.15, -0.1) is 0 Å². The van der Waals surface area contributed by atoms with E-state index in [1.165, 1.54) is 6.07 Å². The molecule has 0 aromatic heterocycles. The van der Waals surface area contributed by atoms with Crippen LogP contribution in [0.3, 0.4) is 0 Å². The van der Waals surface area contributed by atoms with Crippen LogP contribution in [0, 0.1) is 17.6 Å². The third-order valence-electron chi connectivity index (χ3n) is 4.88. The van der Waals surface area contributed by atoms with Gasteiger partial charge in [-0.05, 0) is 36.6 Å². The van der Waals surface area contributed by atoms with E-state index in [1.54, 1.807) is 18.0 Å². The number of benzene rings is 2. The molecule has 150 valence electrons. The molecule has 0 aliphatic carbocycles. The number of para-hydroxylation sites is 1. The largest absolute Gasteiger partial charge is 0.492 e. The number of carbonyl (C=O) groups is 1. The number of halogens is 2. The van der Waals surface area contributed by atoms with E-state index in [0.717, 1.165) is 24.8 Å². The predicted molar refractivity (Wildman–Crippen MR) is 105 cm³/mol. The fraction of sp³-hybridized carbons (Fsp3) is 0.381. The molecule has 0 radical (unpaired) electrons. The summed E-state index contributed by atoms with van der Waals surface area (Å²) in [4.78, 5) is 15.8. The van der Waals surface area contributed by atoms with Gasteiger partial charge in [0, 0.05) is 38.4 Å². The molecule has 1 aliphatic rings. The van der Waals surface area contributed by atoms with Crippen molar-refractivity contribution in [1.82, 2.24) is 10.2 Å². The van der Waals surface area contributed by atoms with Gasteiger partial charge < -0.3 is 19.9 Å². The molecule has 1 unspecified atom stereocenters. The Kier molecular flexibility index (Phi) is 6.68. The molecule has 1 saturated heterocycles. The molecule has 1 heterocycles. The fourth-order valence-electron chi connectivity index (χ4n) is 3.20.